The standard InChI is InChI=1S/C12H22N2O2.ClH/c15-12(7-11-3-1-2-6-16-11)14-9-10-4-5-13-8-10;/h10-11,13H,1-9H2,(H,14,15);1H. The fraction of sp³-hybridized carbons (Fsp3) is 0.917. The van der Waals surface area contributed by atoms with Crippen LogP contribution in [-0.4, -0.2) is 38.3 Å². The first-order chi connectivity index (χ1) is 7.84. The van der Waals surface area contributed by atoms with Crippen molar-refractivity contribution in [2.24, 2.45) is 5.92 Å². The lowest BCUT2D eigenvalue weighted by Crippen LogP contribution is -2.34. The van der Waals surface area contributed by atoms with Crippen LogP contribution in [0.2, 0.25) is 0 Å². The molecule has 0 saturated carbocycles. The van der Waals surface area contributed by atoms with E-state index in [1.807, 2.05) is 0 Å². The highest BCUT2D eigenvalue weighted by atomic mass is 35.5. The van der Waals surface area contributed by atoms with Gasteiger partial charge in [0.1, 0.15) is 0 Å². The lowest BCUT2D eigenvalue weighted by atomic mass is 10.1. The summed E-state index contributed by atoms with van der Waals surface area (Å²) in [5.41, 5.74) is 0. The fourth-order valence-corrected chi connectivity index (χ4v) is 2.39. The summed E-state index contributed by atoms with van der Waals surface area (Å²) in [4.78, 5) is 11.7. The van der Waals surface area contributed by atoms with Crippen molar-refractivity contribution in [2.75, 3.05) is 26.2 Å². The Balaban J connectivity index is 0.00000144. The molecule has 1 amide bonds. The summed E-state index contributed by atoms with van der Waals surface area (Å²) in [6.45, 7) is 3.77. The van der Waals surface area contributed by atoms with Gasteiger partial charge in [-0.1, -0.05) is 0 Å². The van der Waals surface area contributed by atoms with Crippen molar-refractivity contribution in [2.45, 2.75) is 38.2 Å². The number of nitrogens with one attached hydrogen (secondary N) is 2. The molecule has 4 nitrogen and oxygen atoms in total. The van der Waals surface area contributed by atoms with Gasteiger partial charge in [0.05, 0.1) is 12.5 Å². The monoisotopic (exact) mass is 262 g/mol. The average molecular weight is 263 g/mol. The zero-order chi connectivity index (χ0) is 11.2. The quantitative estimate of drug-likeness (QED) is 0.798. The molecule has 2 aliphatic heterocycles. The summed E-state index contributed by atoms with van der Waals surface area (Å²) in [6, 6.07) is 0. The summed E-state index contributed by atoms with van der Waals surface area (Å²) in [7, 11) is 0. The van der Waals surface area contributed by atoms with Gasteiger partial charge in [-0.15, -0.1) is 12.4 Å². The van der Waals surface area contributed by atoms with Crippen LogP contribution in [0.4, 0.5) is 0 Å². The maximum atomic E-state index is 11.7. The van der Waals surface area contributed by atoms with Crippen molar-refractivity contribution in [3.05, 3.63) is 0 Å². The van der Waals surface area contributed by atoms with E-state index in [-0.39, 0.29) is 24.4 Å². The molecule has 0 bridgehead atoms. The molecule has 0 radical (unpaired) electrons. The van der Waals surface area contributed by atoms with Crippen molar-refractivity contribution in [1.29, 1.82) is 0 Å². The second-order valence-corrected chi connectivity index (χ2v) is 4.86. The lowest BCUT2D eigenvalue weighted by molar-refractivity contribution is -0.125. The highest BCUT2D eigenvalue weighted by Crippen LogP contribution is 2.15. The van der Waals surface area contributed by atoms with Crippen LogP contribution in [0.5, 0.6) is 0 Å². The number of ether oxygens (including phenoxy) is 1. The minimum Gasteiger partial charge on any atom is -0.378 e. The Morgan fingerprint density at radius 1 is 1.35 bits per heavy atom. The molecule has 0 aromatic rings. The van der Waals surface area contributed by atoms with E-state index in [4.69, 9.17) is 4.74 Å². The number of hydrogen-bond acceptors (Lipinski definition) is 3. The van der Waals surface area contributed by atoms with Gasteiger partial charge in [-0.05, 0) is 44.7 Å². The van der Waals surface area contributed by atoms with Gasteiger partial charge in [0.2, 0.25) is 5.91 Å². The average Bonchev–Trinajstić information content (AvgIpc) is 2.81. The minimum atomic E-state index is 0. The molecule has 0 aromatic heterocycles. The number of hydrogen-bond donors (Lipinski definition) is 2. The van der Waals surface area contributed by atoms with Gasteiger partial charge in [0.15, 0.2) is 0 Å². The van der Waals surface area contributed by atoms with E-state index in [2.05, 4.69) is 10.6 Å². The van der Waals surface area contributed by atoms with Gasteiger partial charge in [-0.2, -0.15) is 0 Å². The Hall–Kier alpha value is -0.320. The predicted molar refractivity (Wildman–Crippen MR) is 69.4 cm³/mol. The SMILES string of the molecule is Cl.O=C(CC1CCCCO1)NCC1CCNC1. The van der Waals surface area contributed by atoms with Crippen LogP contribution in [0.3, 0.4) is 0 Å². The molecule has 2 heterocycles. The zero-order valence-electron chi connectivity index (χ0n) is 10.2. The van der Waals surface area contributed by atoms with Crippen LogP contribution < -0.4 is 10.6 Å². The van der Waals surface area contributed by atoms with Crippen molar-refractivity contribution < 1.29 is 9.53 Å². The Labute approximate surface area is 109 Å². The summed E-state index contributed by atoms with van der Waals surface area (Å²) in [5.74, 6) is 0.773. The highest BCUT2D eigenvalue weighted by Gasteiger charge is 2.19. The predicted octanol–water partition coefficient (Wildman–Crippen LogP) is 1.09. The third kappa shape index (κ3) is 5.23. The first kappa shape index (κ1) is 14.7. The molecule has 2 saturated heterocycles. The second-order valence-electron chi connectivity index (χ2n) is 4.86. The van der Waals surface area contributed by atoms with Crippen molar-refractivity contribution >= 4 is 18.3 Å². The Bertz CT molecular complexity index is 227. The van der Waals surface area contributed by atoms with Crippen LogP contribution in [-0.2, 0) is 9.53 Å². The van der Waals surface area contributed by atoms with Gasteiger partial charge >= 0.3 is 0 Å². The molecule has 2 N–H and O–H groups in total. The summed E-state index contributed by atoms with van der Waals surface area (Å²) in [6.07, 6.45) is 5.27. The molecule has 2 fully saturated rings. The van der Waals surface area contributed by atoms with Gasteiger partial charge in [-0.3, -0.25) is 4.79 Å². The summed E-state index contributed by atoms with van der Waals surface area (Å²) >= 11 is 0. The largest absolute Gasteiger partial charge is 0.378 e. The normalized spacial score (nSPS) is 28.5. The highest BCUT2D eigenvalue weighted by molar-refractivity contribution is 5.85. The molecule has 2 unspecified atom stereocenters. The Morgan fingerprint density at radius 3 is 2.88 bits per heavy atom. The Kier molecular flexibility index (Phi) is 6.85. The molecule has 0 aliphatic carbocycles. The number of amides is 1. The molecular formula is C12H23ClN2O2. The van der Waals surface area contributed by atoms with E-state index in [0.717, 1.165) is 39.1 Å². The van der Waals surface area contributed by atoms with E-state index in [9.17, 15) is 4.79 Å². The van der Waals surface area contributed by atoms with E-state index in [1.54, 1.807) is 0 Å². The first-order valence-corrected chi connectivity index (χ1v) is 6.43. The third-order valence-corrected chi connectivity index (χ3v) is 3.44. The molecule has 0 spiro atoms. The molecule has 100 valence electrons. The summed E-state index contributed by atoms with van der Waals surface area (Å²) < 4.78 is 5.55. The molecule has 2 atom stereocenters. The van der Waals surface area contributed by atoms with E-state index in [1.165, 1.54) is 12.8 Å². The van der Waals surface area contributed by atoms with E-state index in [0.29, 0.717) is 12.3 Å². The van der Waals surface area contributed by atoms with Gasteiger partial charge in [0, 0.05) is 13.2 Å². The molecule has 2 rings (SSSR count). The number of halogens is 1. The number of carbonyl (C=O) groups excluding carboxylic acids is 1. The lowest BCUT2D eigenvalue weighted by Gasteiger charge is -2.22. The van der Waals surface area contributed by atoms with Crippen molar-refractivity contribution in [3.8, 4) is 0 Å². The fourth-order valence-electron chi connectivity index (χ4n) is 2.39. The van der Waals surface area contributed by atoms with Crippen LogP contribution in [0.1, 0.15) is 32.1 Å². The summed E-state index contributed by atoms with van der Waals surface area (Å²) in [5, 5.41) is 6.31. The second kappa shape index (κ2) is 7.90. The maximum Gasteiger partial charge on any atom is 0.222 e. The van der Waals surface area contributed by atoms with Crippen molar-refractivity contribution in [3.63, 3.8) is 0 Å². The maximum absolute atomic E-state index is 11.7. The zero-order valence-corrected chi connectivity index (χ0v) is 11.1. The third-order valence-electron chi connectivity index (χ3n) is 3.44. The van der Waals surface area contributed by atoms with Crippen molar-refractivity contribution in [1.82, 2.24) is 10.6 Å². The molecule has 0 aromatic carbocycles. The van der Waals surface area contributed by atoms with Gasteiger partial charge in [0.25, 0.3) is 0 Å². The van der Waals surface area contributed by atoms with Crippen LogP contribution >= 0.6 is 12.4 Å². The molecular weight excluding hydrogens is 240 g/mol. The number of rotatable bonds is 4. The Morgan fingerprint density at radius 2 is 2.24 bits per heavy atom. The molecule has 2 aliphatic rings. The molecule has 17 heavy (non-hydrogen) atoms. The topological polar surface area (TPSA) is 50.4 Å². The van der Waals surface area contributed by atoms with Gasteiger partial charge in [-0.25, -0.2) is 0 Å². The van der Waals surface area contributed by atoms with E-state index >= 15 is 0 Å². The molecule has 5 heteroatoms. The van der Waals surface area contributed by atoms with Crippen LogP contribution in [0.15, 0.2) is 0 Å². The number of carbonyl (C=O) groups is 1. The minimum absolute atomic E-state index is 0. The van der Waals surface area contributed by atoms with E-state index < -0.39 is 0 Å². The smallest absolute Gasteiger partial charge is 0.222 e. The van der Waals surface area contributed by atoms with Crippen LogP contribution in [0, 0.1) is 5.92 Å². The van der Waals surface area contributed by atoms with Gasteiger partial charge < -0.3 is 15.4 Å². The van der Waals surface area contributed by atoms with Crippen LogP contribution in [0.25, 0.3) is 0 Å². The first-order valence-electron chi connectivity index (χ1n) is 6.43.